The van der Waals surface area contributed by atoms with Crippen LogP contribution in [0.25, 0.3) is 0 Å². The van der Waals surface area contributed by atoms with Crippen molar-refractivity contribution >= 4 is 11.8 Å². The molecule has 0 saturated carbocycles. The number of amides is 2. The number of carbonyl (C=O) groups is 2. The molecule has 92 valence electrons. The van der Waals surface area contributed by atoms with Gasteiger partial charge < -0.3 is 10.6 Å². The largest absolute Gasteiger partial charge is 0.355 e. The minimum atomic E-state index is -0.0517. The van der Waals surface area contributed by atoms with Crippen molar-refractivity contribution in [3.8, 4) is 0 Å². The third-order valence-corrected chi connectivity index (χ3v) is 3.50. The second-order valence-electron chi connectivity index (χ2n) is 4.72. The highest BCUT2D eigenvalue weighted by Gasteiger charge is 2.25. The van der Waals surface area contributed by atoms with Gasteiger partial charge in [0.1, 0.15) is 0 Å². The normalized spacial score (nSPS) is 24.4. The zero-order valence-electron chi connectivity index (χ0n) is 10.4. The quantitative estimate of drug-likeness (QED) is 0.753. The summed E-state index contributed by atoms with van der Waals surface area (Å²) in [6.45, 7) is 6.77. The maximum Gasteiger partial charge on any atom is 0.225 e. The van der Waals surface area contributed by atoms with E-state index in [0.717, 1.165) is 6.42 Å². The van der Waals surface area contributed by atoms with Gasteiger partial charge in [0.05, 0.1) is 5.92 Å². The van der Waals surface area contributed by atoms with E-state index in [1.807, 2.05) is 6.92 Å². The van der Waals surface area contributed by atoms with Crippen LogP contribution < -0.4 is 10.6 Å². The van der Waals surface area contributed by atoms with Crippen molar-refractivity contribution in [2.75, 3.05) is 6.54 Å². The van der Waals surface area contributed by atoms with Crippen LogP contribution in [0.4, 0.5) is 0 Å². The Morgan fingerprint density at radius 1 is 1.56 bits per heavy atom. The molecule has 0 radical (unpaired) electrons. The maximum absolute atomic E-state index is 11.9. The number of piperidine rings is 1. The molecule has 1 rings (SSSR count). The third-order valence-electron chi connectivity index (χ3n) is 3.50. The van der Waals surface area contributed by atoms with Gasteiger partial charge in [-0.15, -0.1) is 0 Å². The molecule has 3 atom stereocenters. The highest BCUT2D eigenvalue weighted by atomic mass is 16.2. The minimum Gasteiger partial charge on any atom is -0.355 e. The molecule has 2 amide bonds. The Kier molecular flexibility index (Phi) is 4.77. The summed E-state index contributed by atoms with van der Waals surface area (Å²) < 4.78 is 0. The first-order chi connectivity index (χ1) is 7.54. The molecular weight excluding hydrogens is 204 g/mol. The Hall–Kier alpha value is -1.06. The Labute approximate surface area is 97.2 Å². The molecule has 1 heterocycles. The summed E-state index contributed by atoms with van der Waals surface area (Å²) in [6, 6.07) is 0.204. The molecule has 3 unspecified atom stereocenters. The molecule has 2 N–H and O–H groups in total. The molecule has 4 nitrogen and oxygen atoms in total. The minimum absolute atomic E-state index is 0.0517. The number of hydrogen-bond donors (Lipinski definition) is 2. The summed E-state index contributed by atoms with van der Waals surface area (Å²) in [5.74, 6) is 0.568. The standard InChI is InChI=1S/C12H22N2O2/c1-4-8(2)9(3)14-12(16)10-5-6-11(15)13-7-10/h8-10H,4-7H2,1-3H3,(H,13,15)(H,14,16). The van der Waals surface area contributed by atoms with E-state index in [9.17, 15) is 9.59 Å². The Bertz CT molecular complexity index is 256. The second-order valence-corrected chi connectivity index (χ2v) is 4.72. The number of nitrogens with one attached hydrogen (secondary N) is 2. The topological polar surface area (TPSA) is 58.2 Å². The number of hydrogen-bond acceptors (Lipinski definition) is 2. The van der Waals surface area contributed by atoms with E-state index in [0.29, 0.717) is 25.3 Å². The van der Waals surface area contributed by atoms with E-state index < -0.39 is 0 Å². The van der Waals surface area contributed by atoms with Crippen molar-refractivity contribution in [1.82, 2.24) is 10.6 Å². The Morgan fingerprint density at radius 2 is 2.25 bits per heavy atom. The van der Waals surface area contributed by atoms with Gasteiger partial charge in [-0.3, -0.25) is 9.59 Å². The monoisotopic (exact) mass is 226 g/mol. The van der Waals surface area contributed by atoms with Crippen LogP contribution in [-0.4, -0.2) is 24.4 Å². The van der Waals surface area contributed by atoms with Crippen LogP contribution in [-0.2, 0) is 9.59 Å². The Balaban J connectivity index is 2.37. The predicted octanol–water partition coefficient (Wildman–Crippen LogP) is 1.06. The number of carbonyl (C=O) groups excluding carboxylic acids is 2. The lowest BCUT2D eigenvalue weighted by Crippen LogP contribution is -2.46. The van der Waals surface area contributed by atoms with Gasteiger partial charge in [0, 0.05) is 19.0 Å². The average Bonchev–Trinajstić information content (AvgIpc) is 2.28. The molecule has 0 aromatic carbocycles. The van der Waals surface area contributed by atoms with Crippen molar-refractivity contribution in [2.45, 2.75) is 46.1 Å². The highest BCUT2D eigenvalue weighted by Crippen LogP contribution is 2.13. The summed E-state index contributed by atoms with van der Waals surface area (Å²) in [4.78, 5) is 22.8. The lowest BCUT2D eigenvalue weighted by Gasteiger charge is -2.26. The fraction of sp³-hybridized carbons (Fsp3) is 0.833. The van der Waals surface area contributed by atoms with Crippen molar-refractivity contribution in [3.05, 3.63) is 0 Å². The van der Waals surface area contributed by atoms with E-state index >= 15 is 0 Å². The van der Waals surface area contributed by atoms with E-state index in [1.54, 1.807) is 0 Å². The van der Waals surface area contributed by atoms with Crippen LogP contribution in [0.5, 0.6) is 0 Å². The second kappa shape index (κ2) is 5.87. The molecule has 1 aliphatic heterocycles. The van der Waals surface area contributed by atoms with Gasteiger partial charge in [0.25, 0.3) is 0 Å². The van der Waals surface area contributed by atoms with Gasteiger partial charge in [-0.05, 0) is 19.3 Å². The van der Waals surface area contributed by atoms with Crippen molar-refractivity contribution in [3.63, 3.8) is 0 Å². The number of rotatable bonds is 4. The zero-order valence-corrected chi connectivity index (χ0v) is 10.4. The van der Waals surface area contributed by atoms with Crippen LogP contribution >= 0.6 is 0 Å². The molecular formula is C12H22N2O2. The smallest absolute Gasteiger partial charge is 0.225 e. The predicted molar refractivity (Wildman–Crippen MR) is 62.8 cm³/mol. The summed E-state index contributed by atoms with van der Waals surface area (Å²) in [6.07, 6.45) is 2.20. The molecule has 0 aliphatic carbocycles. The fourth-order valence-electron chi connectivity index (χ4n) is 1.79. The molecule has 1 saturated heterocycles. The van der Waals surface area contributed by atoms with E-state index in [4.69, 9.17) is 0 Å². The molecule has 1 aliphatic rings. The molecule has 4 heteroatoms. The lowest BCUT2D eigenvalue weighted by atomic mass is 9.96. The Morgan fingerprint density at radius 3 is 2.75 bits per heavy atom. The first kappa shape index (κ1) is 13.0. The van der Waals surface area contributed by atoms with Gasteiger partial charge in [0.2, 0.25) is 11.8 Å². The average molecular weight is 226 g/mol. The molecule has 1 fully saturated rings. The van der Waals surface area contributed by atoms with Crippen LogP contribution in [0.3, 0.4) is 0 Å². The van der Waals surface area contributed by atoms with Crippen LogP contribution in [0.1, 0.15) is 40.0 Å². The van der Waals surface area contributed by atoms with E-state index in [1.165, 1.54) is 0 Å². The van der Waals surface area contributed by atoms with E-state index in [-0.39, 0.29) is 23.8 Å². The van der Waals surface area contributed by atoms with Gasteiger partial charge in [-0.2, -0.15) is 0 Å². The molecule has 0 aromatic heterocycles. The molecule has 16 heavy (non-hydrogen) atoms. The van der Waals surface area contributed by atoms with Crippen LogP contribution in [0, 0.1) is 11.8 Å². The fourth-order valence-corrected chi connectivity index (χ4v) is 1.79. The summed E-state index contributed by atoms with van der Waals surface area (Å²) >= 11 is 0. The first-order valence-corrected chi connectivity index (χ1v) is 6.11. The van der Waals surface area contributed by atoms with Gasteiger partial charge in [0.15, 0.2) is 0 Å². The van der Waals surface area contributed by atoms with Gasteiger partial charge in [-0.25, -0.2) is 0 Å². The molecule has 0 spiro atoms. The first-order valence-electron chi connectivity index (χ1n) is 6.11. The van der Waals surface area contributed by atoms with Crippen molar-refractivity contribution in [1.29, 1.82) is 0 Å². The van der Waals surface area contributed by atoms with Crippen molar-refractivity contribution < 1.29 is 9.59 Å². The summed E-state index contributed by atoms with van der Waals surface area (Å²) in [7, 11) is 0. The van der Waals surface area contributed by atoms with Gasteiger partial charge in [-0.1, -0.05) is 20.3 Å². The third kappa shape index (κ3) is 3.51. The lowest BCUT2D eigenvalue weighted by molar-refractivity contribution is -0.129. The zero-order chi connectivity index (χ0) is 12.1. The summed E-state index contributed by atoms with van der Waals surface area (Å²) in [5.41, 5.74) is 0. The molecule has 0 bridgehead atoms. The highest BCUT2D eigenvalue weighted by molar-refractivity contribution is 5.83. The molecule has 0 aromatic rings. The van der Waals surface area contributed by atoms with Crippen molar-refractivity contribution in [2.24, 2.45) is 11.8 Å². The van der Waals surface area contributed by atoms with Crippen LogP contribution in [0.2, 0.25) is 0 Å². The van der Waals surface area contributed by atoms with Gasteiger partial charge >= 0.3 is 0 Å². The maximum atomic E-state index is 11.9. The summed E-state index contributed by atoms with van der Waals surface area (Å²) in [5, 5.41) is 5.75. The van der Waals surface area contributed by atoms with Crippen LogP contribution in [0.15, 0.2) is 0 Å². The SMILES string of the molecule is CCC(C)C(C)NC(=O)C1CCC(=O)NC1. The van der Waals surface area contributed by atoms with E-state index in [2.05, 4.69) is 24.5 Å².